The van der Waals surface area contributed by atoms with Gasteiger partial charge in [-0.3, -0.25) is 9.35 Å². The summed E-state index contributed by atoms with van der Waals surface area (Å²) in [6.07, 6.45) is 34.8. The SMILES string of the molecule is CCCCCC/C=C/CC/C=C/CC/C=C/C(O)C(CS(=O)(=O)O)NC(=O)C(O)CCCCCCCCCCCCCCC. The molecule has 0 aliphatic rings. The molecule has 0 fully saturated rings. The first-order chi connectivity index (χ1) is 21.2. The van der Waals surface area contributed by atoms with Crippen LogP contribution in [0.2, 0.25) is 0 Å². The average molecular weight is 642 g/mol. The van der Waals surface area contributed by atoms with Crippen LogP contribution in [0, 0.1) is 0 Å². The first-order valence-electron chi connectivity index (χ1n) is 17.8. The predicted molar refractivity (Wildman–Crippen MR) is 185 cm³/mol. The zero-order chi connectivity index (χ0) is 32.7. The number of carbonyl (C=O) groups is 1. The van der Waals surface area contributed by atoms with Gasteiger partial charge in [-0.05, 0) is 44.9 Å². The zero-order valence-electron chi connectivity index (χ0n) is 28.1. The minimum Gasteiger partial charge on any atom is -0.387 e. The molecule has 0 saturated heterocycles. The van der Waals surface area contributed by atoms with Crippen molar-refractivity contribution >= 4 is 16.0 Å². The van der Waals surface area contributed by atoms with Crippen LogP contribution in [0.25, 0.3) is 0 Å². The van der Waals surface area contributed by atoms with Gasteiger partial charge in [-0.2, -0.15) is 8.42 Å². The van der Waals surface area contributed by atoms with Gasteiger partial charge in [0, 0.05) is 0 Å². The van der Waals surface area contributed by atoms with Gasteiger partial charge in [0.2, 0.25) is 5.91 Å². The number of hydrogen-bond donors (Lipinski definition) is 4. The third-order valence-electron chi connectivity index (χ3n) is 7.90. The molecule has 7 nitrogen and oxygen atoms in total. The molecule has 0 aromatic rings. The van der Waals surface area contributed by atoms with Crippen molar-refractivity contribution in [2.45, 2.75) is 180 Å². The minimum absolute atomic E-state index is 0.273. The Hall–Kier alpha value is -1.48. The Morgan fingerprint density at radius 1 is 0.614 bits per heavy atom. The molecule has 0 aromatic carbocycles. The van der Waals surface area contributed by atoms with Gasteiger partial charge in [-0.25, -0.2) is 0 Å². The van der Waals surface area contributed by atoms with Crippen LogP contribution < -0.4 is 5.32 Å². The van der Waals surface area contributed by atoms with Crippen LogP contribution in [0.15, 0.2) is 36.5 Å². The van der Waals surface area contributed by atoms with Gasteiger partial charge in [-0.15, -0.1) is 0 Å². The lowest BCUT2D eigenvalue weighted by atomic mass is 10.0. The molecule has 3 unspecified atom stereocenters. The summed E-state index contributed by atoms with van der Waals surface area (Å²) in [6, 6.07) is -1.25. The fourth-order valence-corrected chi connectivity index (χ4v) is 5.87. The average Bonchev–Trinajstić information content (AvgIpc) is 2.98. The number of aliphatic hydroxyl groups is 2. The lowest BCUT2D eigenvalue weighted by Gasteiger charge is -2.22. The van der Waals surface area contributed by atoms with Gasteiger partial charge in [0.25, 0.3) is 10.1 Å². The molecule has 0 bridgehead atoms. The van der Waals surface area contributed by atoms with Crippen molar-refractivity contribution in [2.24, 2.45) is 0 Å². The van der Waals surface area contributed by atoms with Crippen LogP contribution in [0.5, 0.6) is 0 Å². The number of allylic oxidation sites excluding steroid dienone is 5. The number of amides is 1. The fraction of sp³-hybridized carbons (Fsp3) is 0.806. The molecule has 0 rings (SSSR count). The molecule has 4 N–H and O–H groups in total. The van der Waals surface area contributed by atoms with Crippen LogP contribution >= 0.6 is 0 Å². The highest BCUT2D eigenvalue weighted by Crippen LogP contribution is 2.14. The first kappa shape index (κ1) is 42.5. The molecule has 0 aliphatic carbocycles. The van der Waals surface area contributed by atoms with Crippen molar-refractivity contribution < 1.29 is 28.0 Å². The van der Waals surface area contributed by atoms with Crippen LogP contribution in [0.3, 0.4) is 0 Å². The van der Waals surface area contributed by atoms with Crippen molar-refractivity contribution in [3.05, 3.63) is 36.5 Å². The van der Waals surface area contributed by atoms with Crippen LogP contribution in [0.1, 0.15) is 162 Å². The third kappa shape index (κ3) is 29.2. The van der Waals surface area contributed by atoms with Gasteiger partial charge in [0.05, 0.1) is 17.9 Å². The second kappa shape index (κ2) is 30.2. The molecule has 0 spiro atoms. The molecule has 0 radical (unpaired) electrons. The number of nitrogens with one attached hydrogen (secondary N) is 1. The van der Waals surface area contributed by atoms with Gasteiger partial charge in [0.1, 0.15) is 6.10 Å². The number of rotatable bonds is 31. The Balaban J connectivity index is 4.23. The van der Waals surface area contributed by atoms with Crippen LogP contribution in [0.4, 0.5) is 0 Å². The number of hydrogen-bond acceptors (Lipinski definition) is 5. The van der Waals surface area contributed by atoms with E-state index in [0.717, 1.165) is 44.9 Å². The van der Waals surface area contributed by atoms with Crippen molar-refractivity contribution in [1.82, 2.24) is 5.32 Å². The molecule has 1 amide bonds. The van der Waals surface area contributed by atoms with Gasteiger partial charge < -0.3 is 15.5 Å². The van der Waals surface area contributed by atoms with E-state index in [-0.39, 0.29) is 6.42 Å². The fourth-order valence-electron chi connectivity index (χ4n) is 5.13. The van der Waals surface area contributed by atoms with Crippen molar-refractivity contribution in [1.29, 1.82) is 0 Å². The van der Waals surface area contributed by atoms with Gasteiger partial charge >= 0.3 is 0 Å². The maximum absolute atomic E-state index is 12.5. The molecule has 258 valence electrons. The number of aliphatic hydroxyl groups excluding tert-OH is 2. The van der Waals surface area contributed by atoms with Gasteiger partial charge in [-0.1, -0.05) is 153 Å². The minimum atomic E-state index is -4.45. The van der Waals surface area contributed by atoms with E-state index in [1.165, 1.54) is 89.5 Å². The van der Waals surface area contributed by atoms with E-state index in [2.05, 4.69) is 43.5 Å². The largest absolute Gasteiger partial charge is 0.387 e. The molecular weight excluding hydrogens is 574 g/mol. The molecule has 0 aromatic heterocycles. The maximum Gasteiger partial charge on any atom is 0.267 e. The standard InChI is InChI=1S/C36H67NO6S/c1-3-5-7-9-11-13-15-17-19-20-22-24-26-28-30-34(38)33(32-44(41,42)43)37-36(40)35(39)31-29-27-25-23-21-18-16-14-12-10-8-6-4-2/h13,15,20,22,28,30,33-35,38-39H,3-12,14,16-19,21,23-27,29,31-32H2,1-2H3,(H,37,40)(H,41,42,43)/b15-13+,22-20+,30-28+. The summed E-state index contributed by atoms with van der Waals surface area (Å²) in [5.74, 6) is -1.56. The summed E-state index contributed by atoms with van der Waals surface area (Å²) in [5.41, 5.74) is 0. The van der Waals surface area contributed by atoms with Crippen molar-refractivity contribution in [3.63, 3.8) is 0 Å². The summed E-state index contributed by atoms with van der Waals surface area (Å²) in [4.78, 5) is 12.5. The normalized spacial score (nSPS) is 14.6. The monoisotopic (exact) mass is 641 g/mol. The maximum atomic E-state index is 12.5. The Labute approximate surface area is 270 Å². The summed E-state index contributed by atoms with van der Waals surface area (Å²) < 4.78 is 32.3. The Bertz CT molecular complexity index is 855. The van der Waals surface area contributed by atoms with Crippen LogP contribution in [-0.4, -0.2) is 53.1 Å². The van der Waals surface area contributed by atoms with E-state index in [1.54, 1.807) is 6.08 Å². The molecule has 0 aliphatic heterocycles. The smallest absolute Gasteiger partial charge is 0.267 e. The van der Waals surface area contributed by atoms with Crippen molar-refractivity contribution in [2.75, 3.05) is 5.75 Å². The Morgan fingerprint density at radius 3 is 1.50 bits per heavy atom. The lowest BCUT2D eigenvalue weighted by Crippen LogP contribution is -2.50. The Kier molecular flexibility index (Phi) is 29.2. The third-order valence-corrected chi connectivity index (χ3v) is 8.69. The van der Waals surface area contributed by atoms with Gasteiger partial charge in [0.15, 0.2) is 0 Å². The highest BCUT2D eigenvalue weighted by atomic mass is 32.2. The lowest BCUT2D eigenvalue weighted by molar-refractivity contribution is -0.130. The Morgan fingerprint density at radius 2 is 1.02 bits per heavy atom. The molecule has 0 saturated carbocycles. The van der Waals surface area contributed by atoms with Crippen LogP contribution in [-0.2, 0) is 14.9 Å². The second-order valence-electron chi connectivity index (χ2n) is 12.3. The highest BCUT2D eigenvalue weighted by Gasteiger charge is 2.27. The first-order valence-corrected chi connectivity index (χ1v) is 19.4. The summed E-state index contributed by atoms with van der Waals surface area (Å²) >= 11 is 0. The molecule has 8 heteroatoms. The van der Waals surface area contributed by atoms with E-state index < -0.39 is 40.0 Å². The summed E-state index contributed by atoms with van der Waals surface area (Å²) in [6.45, 7) is 4.46. The topological polar surface area (TPSA) is 124 Å². The van der Waals surface area contributed by atoms with E-state index >= 15 is 0 Å². The molecular formula is C36H67NO6S. The van der Waals surface area contributed by atoms with E-state index in [9.17, 15) is 28.0 Å². The predicted octanol–water partition coefficient (Wildman–Crippen LogP) is 8.76. The van der Waals surface area contributed by atoms with Crippen molar-refractivity contribution in [3.8, 4) is 0 Å². The van der Waals surface area contributed by atoms with E-state index in [4.69, 9.17) is 0 Å². The zero-order valence-corrected chi connectivity index (χ0v) is 29.0. The molecule has 44 heavy (non-hydrogen) atoms. The second-order valence-corrected chi connectivity index (χ2v) is 13.8. The molecule has 3 atom stereocenters. The number of unbranched alkanes of at least 4 members (excludes halogenated alkanes) is 18. The summed E-state index contributed by atoms with van der Waals surface area (Å²) in [5, 5.41) is 23.2. The quantitative estimate of drug-likeness (QED) is 0.0341. The van der Waals surface area contributed by atoms with E-state index in [0.29, 0.717) is 12.8 Å². The van der Waals surface area contributed by atoms with E-state index in [1.807, 2.05) is 0 Å². The highest BCUT2D eigenvalue weighted by molar-refractivity contribution is 7.85. The summed E-state index contributed by atoms with van der Waals surface area (Å²) in [7, 11) is -4.45. The molecule has 0 heterocycles. The number of carbonyl (C=O) groups excluding carboxylic acids is 1.